The molecule has 0 spiro atoms. The fourth-order valence-corrected chi connectivity index (χ4v) is 5.11. The molecule has 70 valence electrons. The van der Waals surface area contributed by atoms with E-state index < -0.39 is 9.84 Å². The Hall–Kier alpha value is 0.0400. The second-order valence-electron chi connectivity index (χ2n) is 2.97. The zero-order valence-corrected chi connectivity index (χ0v) is 8.79. The third-order valence-electron chi connectivity index (χ3n) is 2.03. The first-order valence-electron chi connectivity index (χ1n) is 4.13. The second kappa shape index (κ2) is 4.33. The number of hydrogen-bond acceptors (Lipinski definition) is 2. The van der Waals surface area contributed by atoms with Crippen molar-refractivity contribution in [3.8, 4) is 0 Å². The van der Waals surface area contributed by atoms with Gasteiger partial charge in [-0.2, -0.15) is 0 Å². The molecule has 0 aromatic rings. The Kier molecular flexibility index (Phi) is 3.65. The Morgan fingerprint density at radius 3 is 2.42 bits per heavy atom. The van der Waals surface area contributed by atoms with Crippen LogP contribution < -0.4 is 0 Å². The van der Waals surface area contributed by atoms with Crippen molar-refractivity contribution in [1.29, 1.82) is 0 Å². The summed E-state index contributed by atoms with van der Waals surface area (Å²) in [6.07, 6.45) is 2.58. The van der Waals surface area contributed by atoms with Crippen LogP contribution in [0.25, 0.3) is 0 Å². The van der Waals surface area contributed by atoms with Gasteiger partial charge in [0, 0.05) is 5.41 Å². The minimum Gasteiger partial charge on any atom is -0.224 e. The predicted octanol–water partition coefficient (Wildman–Crippen LogP) is 0.957. The van der Waals surface area contributed by atoms with E-state index in [-0.39, 0.29) is 0 Å². The van der Waals surface area contributed by atoms with Crippen molar-refractivity contribution in [2.24, 2.45) is 0 Å². The summed E-state index contributed by atoms with van der Waals surface area (Å²) in [6, 6.07) is 0. The van der Waals surface area contributed by atoms with Crippen LogP contribution in [0.3, 0.4) is 0 Å². The molecule has 0 bridgehead atoms. The van der Waals surface area contributed by atoms with Gasteiger partial charge in [0.15, 0.2) is 9.84 Å². The van der Waals surface area contributed by atoms with Crippen molar-refractivity contribution >= 4 is 20.7 Å². The molecule has 0 saturated carbocycles. The molecule has 4 heteroatoms. The van der Waals surface area contributed by atoms with Crippen LogP contribution in [0.4, 0.5) is 0 Å². The van der Waals surface area contributed by atoms with E-state index in [1.165, 1.54) is 24.3 Å². The molecule has 1 aliphatic rings. The van der Waals surface area contributed by atoms with Crippen molar-refractivity contribution in [3.63, 3.8) is 0 Å². The maximum absolute atomic E-state index is 11.0. The minimum atomic E-state index is -2.94. The fraction of sp³-hybridized carbons (Fsp3) is 0.750. The van der Waals surface area contributed by atoms with E-state index in [4.69, 9.17) is 0 Å². The van der Waals surface area contributed by atoms with Crippen LogP contribution in [0.2, 0.25) is 0 Å². The van der Waals surface area contributed by atoms with E-state index >= 15 is 0 Å². The van der Waals surface area contributed by atoms with Crippen molar-refractivity contribution in [3.05, 3.63) is 12.0 Å². The average molecular weight is 207 g/mol. The summed E-state index contributed by atoms with van der Waals surface area (Å²) in [7, 11) is -2.54. The Morgan fingerprint density at radius 2 is 1.92 bits per heavy atom. The molecule has 1 rings (SSSR count). The summed E-state index contributed by atoms with van der Waals surface area (Å²) in [6.45, 7) is 3.29. The molecule has 2 nitrogen and oxygen atoms in total. The normalized spacial score (nSPS) is 19.7. The van der Waals surface area contributed by atoms with Gasteiger partial charge in [-0.1, -0.05) is 6.58 Å². The first kappa shape index (κ1) is 10.1. The Labute approximate surface area is 77.3 Å². The zero-order chi connectivity index (χ0) is 9.03. The molecule has 0 aromatic heterocycles. The van der Waals surface area contributed by atoms with Crippen molar-refractivity contribution in [2.45, 2.75) is 12.8 Å². The van der Waals surface area contributed by atoms with Crippen LogP contribution in [0.15, 0.2) is 12.0 Å². The molecular weight excluding hydrogens is 192 g/mol. The highest BCUT2D eigenvalue weighted by Crippen LogP contribution is 2.13. The lowest BCUT2D eigenvalue weighted by molar-refractivity contribution is 0.606. The number of hydrogen-bond donors (Lipinski definition) is 0. The van der Waals surface area contributed by atoms with Crippen LogP contribution in [0.1, 0.15) is 12.8 Å². The molecule has 0 aliphatic carbocycles. The van der Waals surface area contributed by atoms with Crippen molar-refractivity contribution in [1.82, 2.24) is 0 Å². The fourth-order valence-electron chi connectivity index (χ4n) is 1.24. The van der Waals surface area contributed by atoms with Gasteiger partial charge in [-0.25, -0.2) is 8.42 Å². The van der Waals surface area contributed by atoms with Gasteiger partial charge < -0.3 is 0 Å². The molecule has 0 aromatic carbocycles. The van der Waals surface area contributed by atoms with Crippen LogP contribution in [0.5, 0.6) is 0 Å². The highest BCUT2D eigenvalue weighted by Gasteiger charge is 2.25. The first-order valence-corrected chi connectivity index (χ1v) is 7.58. The summed E-state index contributed by atoms with van der Waals surface area (Å²) in [4.78, 5) is 0. The Balaban J connectivity index is 2.29. The molecule has 12 heavy (non-hydrogen) atoms. The van der Waals surface area contributed by atoms with Crippen LogP contribution in [-0.4, -0.2) is 31.4 Å². The summed E-state index contributed by atoms with van der Waals surface area (Å²) in [5, 5.41) is 1.08. The standard InChI is InChI=1S/C8H15O2S2/c1-2-12(9,10)8-7-11-5-3-4-6-11/h2H,1,3-8H2/q+1. The Bertz CT molecular complexity index is 238. The average Bonchev–Trinajstić information content (AvgIpc) is 2.53. The monoisotopic (exact) mass is 207 g/mol. The highest BCUT2D eigenvalue weighted by molar-refractivity contribution is 7.99. The van der Waals surface area contributed by atoms with E-state index in [0.717, 1.165) is 11.2 Å². The quantitative estimate of drug-likeness (QED) is 0.643. The largest absolute Gasteiger partial charge is 0.224 e. The molecular formula is C8H15O2S2+. The maximum atomic E-state index is 11.0. The van der Waals surface area contributed by atoms with Crippen LogP contribution >= 0.6 is 0 Å². The van der Waals surface area contributed by atoms with Gasteiger partial charge in [0.05, 0.1) is 5.75 Å². The van der Waals surface area contributed by atoms with Gasteiger partial charge >= 0.3 is 0 Å². The highest BCUT2D eigenvalue weighted by atomic mass is 32.2. The summed E-state index contributed by atoms with van der Waals surface area (Å²) in [5.41, 5.74) is 0. The number of sulfone groups is 1. The van der Waals surface area contributed by atoms with E-state index in [0.29, 0.717) is 16.6 Å². The predicted molar refractivity (Wildman–Crippen MR) is 55.2 cm³/mol. The summed E-state index contributed by atoms with van der Waals surface area (Å²) >= 11 is 0. The lowest BCUT2D eigenvalue weighted by Gasteiger charge is -1.98. The van der Waals surface area contributed by atoms with Gasteiger partial charge in [-0.15, -0.1) is 0 Å². The van der Waals surface area contributed by atoms with Gasteiger partial charge in [0.1, 0.15) is 17.3 Å². The molecule has 1 fully saturated rings. The minimum absolute atomic E-state index is 0.305. The van der Waals surface area contributed by atoms with E-state index in [1.54, 1.807) is 0 Å². The summed E-state index contributed by atoms with van der Waals surface area (Å²) in [5.74, 6) is 3.65. The lowest BCUT2D eigenvalue weighted by Crippen LogP contribution is -2.16. The number of rotatable bonds is 4. The molecule has 1 heterocycles. The van der Waals surface area contributed by atoms with E-state index in [9.17, 15) is 8.42 Å². The second-order valence-corrected chi connectivity index (χ2v) is 7.48. The van der Waals surface area contributed by atoms with Gasteiger partial charge in [0.25, 0.3) is 0 Å². The van der Waals surface area contributed by atoms with Crippen molar-refractivity contribution in [2.75, 3.05) is 23.0 Å². The first-order chi connectivity index (χ1) is 5.64. The van der Waals surface area contributed by atoms with Crippen LogP contribution in [-0.2, 0) is 20.7 Å². The van der Waals surface area contributed by atoms with Gasteiger partial charge in [-0.05, 0) is 23.7 Å². The van der Waals surface area contributed by atoms with Gasteiger partial charge in [0.2, 0.25) is 0 Å². The van der Waals surface area contributed by atoms with E-state index in [1.807, 2.05) is 0 Å². The van der Waals surface area contributed by atoms with Crippen molar-refractivity contribution < 1.29 is 8.42 Å². The third-order valence-corrected chi connectivity index (χ3v) is 6.08. The third kappa shape index (κ3) is 3.19. The zero-order valence-electron chi connectivity index (χ0n) is 7.16. The molecule has 0 atom stereocenters. The Morgan fingerprint density at radius 1 is 1.33 bits per heavy atom. The smallest absolute Gasteiger partial charge is 0.175 e. The van der Waals surface area contributed by atoms with Crippen LogP contribution in [0, 0.1) is 0 Å². The SMILES string of the molecule is C=CS(=O)(=O)CC[S+]1CCCC1. The summed E-state index contributed by atoms with van der Waals surface area (Å²) < 4.78 is 22.1. The molecule has 1 saturated heterocycles. The lowest BCUT2D eigenvalue weighted by atomic mass is 10.4. The molecule has 0 radical (unpaired) electrons. The van der Waals surface area contributed by atoms with Gasteiger partial charge in [-0.3, -0.25) is 0 Å². The topological polar surface area (TPSA) is 34.1 Å². The molecule has 1 aliphatic heterocycles. The van der Waals surface area contributed by atoms with E-state index in [2.05, 4.69) is 6.58 Å². The molecule has 0 amide bonds. The maximum Gasteiger partial charge on any atom is 0.175 e. The molecule has 0 unspecified atom stereocenters. The molecule has 0 N–H and O–H groups in total.